The number of rotatable bonds is 5. The molecule has 0 fully saturated rings. The summed E-state index contributed by atoms with van der Waals surface area (Å²) in [4.78, 5) is 11.8. The fraction of sp³-hybridized carbons (Fsp3) is 0.438. The van der Waals surface area contributed by atoms with Crippen molar-refractivity contribution in [3.63, 3.8) is 0 Å². The summed E-state index contributed by atoms with van der Waals surface area (Å²) in [7, 11) is 0. The molecular formula is C16H18F3N3O5. The van der Waals surface area contributed by atoms with Crippen molar-refractivity contribution < 1.29 is 37.0 Å². The van der Waals surface area contributed by atoms with Crippen molar-refractivity contribution in [2.24, 2.45) is 0 Å². The van der Waals surface area contributed by atoms with Crippen LogP contribution in [-0.2, 0) is 4.74 Å². The molecule has 27 heavy (non-hydrogen) atoms. The normalized spacial score (nSPS) is 13.1. The van der Waals surface area contributed by atoms with E-state index in [4.69, 9.17) is 9.15 Å². The maximum absolute atomic E-state index is 12.2. The lowest BCUT2D eigenvalue weighted by Gasteiger charge is -2.21. The maximum Gasteiger partial charge on any atom is 0.573 e. The van der Waals surface area contributed by atoms with E-state index in [2.05, 4.69) is 20.3 Å². The second-order valence-electron chi connectivity index (χ2n) is 6.40. The summed E-state index contributed by atoms with van der Waals surface area (Å²) in [5.74, 6) is -0.493. The molecule has 8 nitrogen and oxygen atoms in total. The highest BCUT2D eigenvalue weighted by Gasteiger charge is 2.31. The Bertz CT molecular complexity index is 769. The van der Waals surface area contributed by atoms with Crippen molar-refractivity contribution in [2.75, 3.05) is 6.61 Å². The number of carbonyl (C=O) groups excluding carboxylic acids is 1. The van der Waals surface area contributed by atoms with Crippen LogP contribution >= 0.6 is 0 Å². The average Bonchev–Trinajstić information content (AvgIpc) is 3.00. The summed E-state index contributed by atoms with van der Waals surface area (Å²) < 4.78 is 50.7. The third-order valence-electron chi connectivity index (χ3n) is 2.95. The van der Waals surface area contributed by atoms with Crippen molar-refractivity contribution in [2.45, 2.75) is 38.8 Å². The van der Waals surface area contributed by atoms with Crippen molar-refractivity contribution in [3.8, 4) is 17.2 Å². The second-order valence-corrected chi connectivity index (χ2v) is 6.40. The van der Waals surface area contributed by atoms with E-state index in [1.54, 1.807) is 20.8 Å². The fourth-order valence-electron chi connectivity index (χ4n) is 1.93. The van der Waals surface area contributed by atoms with Crippen molar-refractivity contribution >= 4 is 6.09 Å². The maximum atomic E-state index is 12.2. The third-order valence-corrected chi connectivity index (χ3v) is 2.95. The van der Waals surface area contributed by atoms with Gasteiger partial charge in [0.05, 0.1) is 6.61 Å². The van der Waals surface area contributed by atoms with E-state index in [0.717, 1.165) is 12.1 Å². The quantitative estimate of drug-likeness (QED) is 0.809. The minimum atomic E-state index is -4.79. The number of hydrogen-bond acceptors (Lipinski definition) is 7. The summed E-state index contributed by atoms with van der Waals surface area (Å²) >= 11 is 0. The number of hydrogen-bond donors (Lipinski definition) is 2. The molecule has 0 spiro atoms. The first-order chi connectivity index (χ1) is 12.5. The summed E-state index contributed by atoms with van der Waals surface area (Å²) in [6.07, 6.45) is -5.57. The number of aliphatic hydroxyl groups is 1. The summed E-state index contributed by atoms with van der Waals surface area (Å²) in [6, 6.07) is 3.78. The van der Waals surface area contributed by atoms with Crippen LogP contribution in [0.3, 0.4) is 0 Å². The first kappa shape index (κ1) is 20.5. The van der Waals surface area contributed by atoms with Gasteiger partial charge in [-0.15, -0.1) is 23.4 Å². The number of ether oxygens (including phenoxy) is 2. The number of amides is 1. The molecule has 1 heterocycles. The van der Waals surface area contributed by atoms with Gasteiger partial charge in [-0.25, -0.2) is 4.79 Å². The van der Waals surface area contributed by atoms with Gasteiger partial charge < -0.3 is 24.3 Å². The van der Waals surface area contributed by atoms with E-state index >= 15 is 0 Å². The smallest absolute Gasteiger partial charge is 0.444 e. The Hall–Kier alpha value is -2.82. The molecule has 0 aliphatic carbocycles. The fourth-order valence-corrected chi connectivity index (χ4v) is 1.93. The lowest BCUT2D eigenvalue weighted by molar-refractivity contribution is -0.274. The second kappa shape index (κ2) is 7.82. The third kappa shape index (κ3) is 6.44. The van der Waals surface area contributed by atoms with Crippen LogP contribution in [0.4, 0.5) is 18.0 Å². The van der Waals surface area contributed by atoms with Gasteiger partial charge in [-0.3, -0.25) is 0 Å². The Balaban J connectivity index is 2.09. The van der Waals surface area contributed by atoms with Crippen LogP contribution in [0.15, 0.2) is 28.7 Å². The molecule has 1 amide bonds. The van der Waals surface area contributed by atoms with Crippen LogP contribution in [0, 0.1) is 0 Å². The van der Waals surface area contributed by atoms with Crippen molar-refractivity contribution in [3.05, 3.63) is 30.2 Å². The highest BCUT2D eigenvalue weighted by Crippen LogP contribution is 2.26. The number of alkyl carbamates (subject to hydrolysis) is 1. The minimum Gasteiger partial charge on any atom is -0.444 e. The highest BCUT2D eigenvalue weighted by atomic mass is 19.4. The lowest BCUT2D eigenvalue weighted by Crippen LogP contribution is -2.36. The molecule has 2 N–H and O–H groups in total. The Morgan fingerprint density at radius 1 is 1.22 bits per heavy atom. The average molecular weight is 389 g/mol. The zero-order valence-electron chi connectivity index (χ0n) is 14.7. The van der Waals surface area contributed by atoms with Gasteiger partial charge >= 0.3 is 12.5 Å². The number of alkyl halides is 3. The van der Waals surface area contributed by atoms with Crippen molar-refractivity contribution in [1.82, 2.24) is 15.5 Å². The van der Waals surface area contributed by atoms with Gasteiger partial charge in [0.1, 0.15) is 17.4 Å². The van der Waals surface area contributed by atoms with Crippen LogP contribution in [0.1, 0.15) is 32.7 Å². The highest BCUT2D eigenvalue weighted by molar-refractivity contribution is 5.68. The molecular weight excluding hydrogens is 371 g/mol. The molecule has 0 saturated heterocycles. The molecule has 0 aliphatic heterocycles. The number of halogens is 3. The predicted octanol–water partition coefficient (Wildman–Crippen LogP) is 3.19. The number of nitrogens with one attached hydrogen (secondary N) is 1. The van der Waals surface area contributed by atoms with Gasteiger partial charge in [-0.05, 0) is 45.0 Å². The van der Waals surface area contributed by atoms with E-state index in [1.807, 2.05) is 0 Å². The number of carbonyl (C=O) groups is 1. The first-order valence-electron chi connectivity index (χ1n) is 7.77. The SMILES string of the molecule is CC(C)(C)OC(=O)N[C@@H](CO)c1nnc(-c2ccc(OC(F)(F)F)cc2)o1. The van der Waals surface area contributed by atoms with Crippen LogP contribution in [0.5, 0.6) is 5.75 Å². The number of nitrogens with zero attached hydrogens (tertiary/aromatic N) is 2. The van der Waals surface area contributed by atoms with Crippen LogP contribution in [-0.4, -0.2) is 40.0 Å². The van der Waals surface area contributed by atoms with E-state index < -0.39 is 36.5 Å². The van der Waals surface area contributed by atoms with Crippen molar-refractivity contribution in [1.29, 1.82) is 0 Å². The molecule has 148 valence electrons. The van der Waals surface area contributed by atoms with Crippen LogP contribution in [0.25, 0.3) is 11.5 Å². The Morgan fingerprint density at radius 3 is 2.37 bits per heavy atom. The number of benzene rings is 1. The molecule has 11 heteroatoms. The van der Waals surface area contributed by atoms with E-state index in [1.165, 1.54) is 12.1 Å². The molecule has 1 aromatic heterocycles. The van der Waals surface area contributed by atoms with E-state index in [9.17, 15) is 23.1 Å². The Kier molecular flexibility index (Phi) is 5.94. The predicted molar refractivity (Wildman–Crippen MR) is 85.6 cm³/mol. The zero-order chi connectivity index (χ0) is 20.2. The molecule has 0 saturated carbocycles. The summed E-state index contributed by atoms with van der Waals surface area (Å²) in [5, 5.41) is 19.3. The standard InChI is InChI=1S/C16H18F3N3O5/c1-15(2,3)27-14(24)20-11(8-23)13-22-21-12(25-13)9-4-6-10(7-5-9)26-16(17,18)19/h4-7,11,23H,8H2,1-3H3,(H,20,24)/t11-/m0/s1. The van der Waals surface area contributed by atoms with Crippen LogP contribution < -0.4 is 10.1 Å². The summed E-state index contributed by atoms with van der Waals surface area (Å²) in [6.45, 7) is 4.51. The van der Waals surface area contributed by atoms with Gasteiger partial charge in [0.15, 0.2) is 0 Å². The molecule has 0 unspecified atom stereocenters. The monoisotopic (exact) mass is 389 g/mol. The van der Waals surface area contributed by atoms with E-state index in [0.29, 0.717) is 5.56 Å². The van der Waals surface area contributed by atoms with Crippen LogP contribution in [0.2, 0.25) is 0 Å². The van der Waals surface area contributed by atoms with Gasteiger partial charge in [0, 0.05) is 5.56 Å². The van der Waals surface area contributed by atoms with Gasteiger partial charge in [-0.2, -0.15) is 0 Å². The zero-order valence-corrected chi connectivity index (χ0v) is 14.7. The van der Waals surface area contributed by atoms with E-state index in [-0.39, 0.29) is 11.8 Å². The molecule has 2 rings (SSSR count). The Morgan fingerprint density at radius 2 is 1.85 bits per heavy atom. The van der Waals surface area contributed by atoms with Gasteiger partial charge in [0.25, 0.3) is 0 Å². The molecule has 2 aromatic rings. The topological polar surface area (TPSA) is 107 Å². The summed E-state index contributed by atoms with van der Waals surface area (Å²) in [5.41, 5.74) is -0.401. The first-order valence-corrected chi connectivity index (χ1v) is 7.77. The number of aliphatic hydroxyl groups excluding tert-OH is 1. The van der Waals surface area contributed by atoms with Gasteiger partial charge in [-0.1, -0.05) is 0 Å². The van der Waals surface area contributed by atoms with Gasteiger partial charge in [0.2, 0.25) is 11.8 Å². The minimum absolute atomic E-state index is 0.00648. The molecule has 0 radical (unpaired) electrons. The molecule has 1 aromatic carbocycles. The largest absolute Gasteiger partial charge is 0.573 e. The lowest BCUT2D eigenvalue weighted by atomic mass is 10.2. The Labute approximate surface area is 152 Å². The number of aromatic nitrogens is 2. The molecule has 1 atom stereocenters. The molecule has 0 bridgehead atoms. The molecule has 0 aliphatic rings.